The number of anilines is 1. The molecule has 0 radical (unpaired) electrons. The normalized spacial score (nSPS) is 20.5. The lowest BCUT2D eigenvalue weighted by atomic mass is 9.87. The summed E-state index contributed by atoms with van der Waals surface area (Å²) in [6.45, 7) is 1.60. The van der Waals surface area contributed by atoms with Crippen LogP contribution in [0, 0.1) is 0 Å². The van der Waals surface area contributed by atoms with E-state index >= 15 is 0 Å². The van der Waals surface area contributed by atoms with Crippen molar-refractivity contribution in [3.05, 3.63) is 22.7 Å². The number of rotatable bonds is 2. The second kappa shape index (κ2) is 6.81. The van der Waals surface area contributed by atoms with Gasteiger partial charge in [-0.3, -0.25) is 4.79 Å². The molecule has 1 saturated heterocycles. The van der Waals surface area contributed by atoms with Gasteiger partial charge in [-0.05, 0) is 18.9 Å². The maximum atomic E-state index is 13.0. The molecule has 1 heterocycles. The van der Waals surface area contributed by atoms with Gasteiger partial charge in [-0.15, -0.1) is 0 Å². The van der Waals surface area contributed by atoms with Crippen molar-refractivity contribution in [3.63, 3.8) is 0 Å². The fourth-order valence-corrected chi connectivity index (χ4v) is 5.33. The molecule has 2 N–H and O–H groups in total. The molecule has 1 aromatic rings. The average molecular weight is 355 g/mol. The first-order valence-electron chi connectivity index (χ1n) is 8.11. The minimum atomic E-state index is -0.00556. The van der Waals surface area contributed by atoms with Crippen LogP contribution in [-0.2, 0) is 0 Å². The Labute approximate surface area is 146 Å². The van der Waals surface area contributed by atoms with Crippen LogP contribution in [0.5, 0.6) is 5.75 Å². The number of benzene rings is 1. The molecule has 2 fully saturated rings. The number of methoxy groups -OCH3 is 1. The van der Waals surface area contributed by atoms with E-state index in [1.165, 1.54) is 32.1 Å². The number of hydrogen-bond acceptors (Lipinski definition) is 4. The van der Waals surface area contributed by atoms with E-state index in [2.05, 4.69) is 0 Å². The molecule has 3 rings (SSSR count). The summed E-state index contributed by atoms with van der Waals surface area (Å²) in [4.78, 5) is 15.0. The number of nitrogens with two attached hydrogens (primary N) is 1. The van der Waals surface area contributed by atoms with Crippen LogP contribution >= 0.6 is 23.4 Å². The number of hydrogen-bond donors (Lipinski definition) is 1. The van der Waals surface area contributed by atoms with Gasteiger partial charge in [0.25, 0.3) is 5.91 Å². The Bertz CT molecular complexity index is 597. The van der Waals surface area contributed by atoms with Crippen LogP contribution < -0.4 is 10.5 Å². The molecular formula is C17H23ClN2O2S. The quantitative estimate of drug-likeness (QED) is 0.820. The Kier molecular flexibility index (Phi) is 4.97. The Morgan fingerprint density at radius 1 is 1.35 bits per heavy atom. The highest BCUT2D eigenvalue weighted by Gasteiger charge is 2.39. The Hall–Kier alpha value is -1.07. The lowest BCUT2D eigenvalue weighted by Gasteiger charge is -2.44. The number of nitrogen functional groups attached to an aromatic ring is 1. The van der Waals surface area contributed by atoms with Gasteiger partial charge in [0, 0.05) is 29.7 Å². The summed E-state index contributed by atoms with van der Waals surface area (Å²) in [5.41, 5.74) is 6.75. The van der Waals surface area contributed by atoms with E-state index in [0.717, 1.165) is 18.8 Å². The second-order valence-electron chi connectivity index (χ2n) is 6.39. The first-order chi connectivity index (χ1) is 11.0. The first-order valence-corrected chi connectivity index (χ1v) is 9.47. The molecule has 0 unspecified atom stereocenters. The number of ether oxygens (including phenoxy) is 1. The van der Waals surface area contributed by atoms with Gasteiger partial charge in [-0.2, -0.15) is 11.8 Å². The largest absolute Gasteiger partial charge is 0.496 e. The van der Waals surface area contributed by atoms with Crippen molar-refractivity contribution >= 4 is 35.0 Å². The molecule has 23 heavy (non-hydrogen) atoms. The molecule has 1 aromatic carbocycles. The van der Waals surface area contributed by atoms with Crippen LogP contribution in [0.1, 0.15) is 42.5 Å². The van der Waals surface area contributed by atoms with Crippen molar-refractivity contribution < 1.29 is 9.53 Å². The monoisotopic (exact) mass is 354 g/mol. The second-order valence-corrected chi connectivity index (χ2v) is 8.36. The van der Waals surface area contributed by atoms with Crippen molar-refractivity contribution in [2.45, 2.75) is 36.9 Å². The standard InChI is InChI=1S/C17H23ClN2O2S/c1-22-15-10-14(19)13(18)9-12(15)16(21)20-7-8-23-17(11-20)5-3-2-4-6-17/h9-10H,2-8,11,19H2,1H3. The summed E-state index contributed by atoms with van der Waals surface area (Å²) < 4.78 is 5.59. The van der Waals surface area contributed by atoms with Crippen LogP contribution in [0.15, 0.2) is 12.1 Å². The molecule has 6 heteroatoms. The molecule has 0 aromatic heterocycles. The van der Waals surface area contributed by atoms with Crippen LogP contribution in [0.2, 0.25) is 5.02 Å². The van der Waals surface area contributed by atoms with Crippen molar-refractivity contribution in [2.75, 3.05) is 31.7 Å². The Morgan fingerprint density at radius 3 is 2.78 bits per heavy atom. The van der Waals surface area contributed by atoms with E-state index in [0.29, 0.717) is 22.0 Å². The summed E-state index contributed by atoms with van der Waals surface area (Å²) in [5, 5.41) is 0.396. The van der Waals surface area contributed by atoms with Gasteiger partial charge >= 0.3 is 0 Å². The number of carbonyl (C=O) groups excluding carboxylic acids is 1. The molecule has 2 aliphatic rings. The van der Waals surface area contributed by atoms with Gasteiger partial charge in [0.05, 0.1) is 23.4 Å². The molecular weight excluding hydrogens is 332 g/mol. The smallest absolute Gasteiger partial charge is 0.257 e. The number of halogens is 1. The summed E-state index contributed by atoms with van der Waals surface area (Å²) in [6.07, 6.45) is 6.28. The third-order valence-corrected chi connectivity index (χ3v) is 6.71. The highest BCUT2D eigenvalue weighted by atomic mass is 35.5. The zero-order valence-electron chi connectivity index (χ0n) is 13.4. The zero-order chi connectivity index (χ0) is 16.4. The fraction of sp³-hybridized carbons (Fsp3) is 0.588. The predicted molar refractivity (Wildman–Crippen MR) is 96.6 cm³/mol. The van der Waals surface area contributed by atoms with Gasteiger partial charge in [0.1, 0.15) is 5.75 Å². The van der Waals surface area contributed by atoms with E-state index in [9.17, 15) is 4.79 Å². The van der Waals surface area contributed by atoms with E-state index < -0.39 is 0 Å². The topological polar surface area (TPSA) is 55.6 Å². The van der Waals surface area contributed by atoms with Gasteiger partial charge in [-0.1, -0.05) is 30.9 Å². The van der Waals surface area contributed by atoms with Gasteiger partial charge in [0.2, 0.25) is 0 Å². The fourth-order valence-electron chi connectivity index (χ4n) is 3.59. The average Bonchev–Trinajstić information content (AvgIpc) is 2.57. The van der Waals surface area contributed by atoms with Crippen molar-refractivity contribution in [1.29, 1.82) is 0 Å². The van der Waals surface area contributed by atoms with Crippen LogP contribution in [0.25, 0.3) is 0 Å². The van der Waals surface area contributed by atoms with Crippen LogP contribution in [0.4, 0.5) is 5.69 Å². The van der Waals surface area contributed by atoms with E-state index in [1.54, 1.807) is 19.2 Å². The zero-order valence-corrected chi connectivity index (χ0v) is 15.0. The first kappa shape index (κ1) is 16.8. The minimum absolute atomic E-state index is 0.00556. The van der Waals surface area contributed by atoms with Gasteiger partial charge < -0.3 is 15.4 Å². The van der Waals surface area contributed by atoms with Crippen LogP contribution in [0.3, 0.4) is 0 Å². The molecule has 1 aliphatic carbocycles. The Morgan fingerprint density at radius 2 is 2.09 bits per heavy atom. The number of thioether (sulfide) groups is 1. The van der Waals surface area contributed by atoms with Gasteiger partial charge in [0.15, 0.2) is 0 Å². The van der Waals surface area contributed by atoms with E-state index in [-0.39, 0.29) is 10.7 Å². The highest BCUT2D eigenvalue weighted by molar-refractivity contribution is 8.00. The lowest BCUT2D eigenvalue weighted by Crippen LogP contribution is -2.49. The van der Waals surface area contributed by atoms with E-state index in [4.69, 9.17) is 22.1 Å². The van der Waals surface area contributed by atoms with Crippen LogP contribution in [-0.4, -0.2) is 41.5 Å². The molecule has 1 spiro atoms. The maximum Gasteiger partial charge on any atom is 0.257 e. The summed E-state index contributed by atoms with van der Waals surface area (Å²) >= 11 is 8.16. The Balaban J connectivity index is 1.84. The number of amides is 1. The van der Waals surface area contributed by atoms with Crippen molar-refractivity contribution in [1.82, 2.24) is 4.90 Å². The van der Waals surface area contributed by atoms with Crippen molar-refractivity contribution in [2.24, 2.45) is 0 Å². The SMILES string of the molecule is COc1cc(N)c(Cl)cc1C(=O)N1CCSC2(CCCCC2)C1. The molecule has 1 amide bonds. The lowest BCUT2D eigenvalue weighted by molar-refractivity contribution is 0.0727. The predicted octanol–water partition coefficient (Wildman–Crippen LogP) is 3.82. The van der Waals surface area contributed by atoms with Crippen molar-refractivity contribution in [3.8, 4) is 5.75 Å². The minimum Gasteiger partial charge on any atom is -0.496 e. The molecule has 4 nitrogen and oxygen atoms in total. The maximum absolute atomic E-state index is 13.0. The van der Waals surface area contributed by atoms with Gasteiger partial charge in [-0.25, -0.2) is 0 Å². The molecule has 126 valence electrons. The third kappa shape index (κ3) is 3.41. The third-order valence-electron chi connectivity index (χ3n) is 4.85. The molecule has 1 saturated carbocycles. The highest BCUT2D eigenvalue weighted by Crippen LogP contribution is 2.43. The number of nitrogens with zero attached hydrogens (tertiary/aromatic N) is 1. The molecule has 1 aliphatic heterocycles. The van der Waals surface area contributed by atoms with E-state index in [1.807, 2.05) is 16.7 Å². The molecule has 0 atom stereocenters. The summed E-state index contributed by atoms with van der Waals surface area (Å²) in [7, 11) is 1.55. The molecule has 0 bridgehead atoms. The summed E-state index contributed by atoms with van der Waals surface area (Å²) in [6, 6.07) is 3.26. The summed E-state index contributed by atoms with van der Waals surface area (Å²) in [5.74, 6) is 1.48. The number of carbonyl (C=O) groups is 1.